The number of likely N-dealkylation sites (tertiary alicyclic amines) is 1. The molecule has 10 heteroatoms. The lowest BCUT2D eigenvalue weighted by Crippen LogP contribution is -2.53. The van der Waals surface area contributed by atoms with Crippen LogP contribution in [0.2, 0.25) is 0 Å². The molecule has 0 saturated carbocycles. The van der Waals surface area contributed by atoms with Crippen LogP contribution in [0.3, 0.4) is 0 Å². The van der Waals surface area contributed by atoms with Crippen LogP contribution in [-0.2, 0) is 14.4 Å². The summed E-state index contributed by atoms with van der Waals surface area (Å²) < 4.78 is 5.67. The zero-order valence-electron chi connectivity index (χ0n) is 22.5. The average molecular weight is 531 g/mol. The molecule has 0 spiro atoms. The minimum Gasteiger partial charge on any atom is -0.493 e. The SMILES string of the molecule is CC(C)COc1cccc(C(=O)N[C@@H](CC(=O)O)NC(=O)[C@@H]2CCCN(C(=O)CCC3CCNCC3)C2)c1. The van der Waals surface area contributed by atoms with Crippen LogP contribution in [0.25, 0.3) is 0 Å². The molecule has 2 heterocycles. The van der Waals surface area contributed by atoms with Crippen LogP contribution in [-0.4, -0.2) is 72.6 Å². The number of carboxylic acids is 1. The quantitative estimate of drug-likeness (QED) is 0.305. The smallest absolute Gasteiger partial charge is 0.307 e. The molecule has 2 aliphatic heterocycles. The molecule has 3 rings (SSSR count). The van der Waals surface area contributed by atoms with E-state index >= 15 is 0 Å². The Morgan fingerprint density at radius 2 is 1.89 bits per heavy atom. The van der Waals surface area contributed by atoms with Crippen LogP contribution in [0.1, 0.15) is 69.2 Å². The number of piperidine rings is 2. The third-order valence-corrected chi connectivity index (χ3v) is 7.05. The Morgan fingerprint density at radius 3 is 2.61 bits per heavy atom. The van der Waals surface area contributed by atoms with Gasteiger partial charge in [0.15, 0.2) is 0 Å². The molecule has 4 N–H and O–H groups in total. The van der Waals surface area contributed by atoms with Gasteiger partial charge in [-0.15, -0.1) is 0 Å². The molecule has 210 valence electrons. The lowest BCUT2D eigenvalue weighted by molar-refractivity contribution is -0.138. The molecule has 38 heavy (non-hydrogen) atoms. The topological polar surface area (TPSA) is 137 Å². The molecule has 0 bridgehead atoms. The van der Waals surface area contributed by atoms with Crippen molar-refractivity contribution in [2.24, 2.45) is 17.8 Å². The number of carboxylic acid groups (broad SMARTS) is 1. The van der Waals surface area contributed by atoms with Gasteiger partial charge in [0, 0.05) is 25.1 Å². The summed E-state index contributed by atoms with van der Waals surface area (Å²) in [5.41, 5.74) is 0.305. The van der Waals surface area contributed by atoms with Gasteiger partial charge < -0.3 is 30.7 Å². The standard InChI is InChI=1S/C28H42N4O6/c1-19(2)18-38-23-7-3-5-21(15-23)27(36)30-24(16-26(34)35)31-28(37)22-6-4-14-32(17-22)25(33)9-8-20-10-12-29-13-11-20/h3,5,7,15,19-20,22,24,29H,4,6,8-14,16-18H2,1-2H3,(H,30,36)(H,31,37)(H,34,35)/t22-,24-/m1/s1. The Kier molecular flexibility index (Phi) is 11.4. The highest BCUT2D eigenvalue weighted by Gasteiger charge is 2.30. The molecule has 2 fully saturated rings. The summed E-state index contributed by atoms with van der Waals surface area (Å²) in [6.45, 7) is 7.46. The van der Waals surface area contributed by atoms with Crippen LogP contribution < -0.4 is 20.7 Å². The summed E-state index contributed by atoms with van der Waals surface area (Å²) >= 11 is 0. The number of amides is 3. The fourth-order valence-corrected chi connectivity index (χ4v) is 4.91. The van der Waals surface area contributed by atoms with Crippen molar-refractivity contribution in [1.29, 1.82) is 0 Å². The van der Waals surface area contributed by atoms with Crippen LogP contribution in [0, 0.1) is 17.8 Å². The van der Waals surface area contributed by atoms with E-state index in [9.17, 15) is 24.3 Å². The van der Waals surface area contributed by atoms with Crippen LogP contribution in [0.4, 0.5) is 0 Å². The Labute approximate surface area is 224 Å². The maximum atomic E-state index is 13.1. The zero-order chi connectivity index (χ0) is 27.5. The van der Waals surface area contributed by atoms with Crippen LogP contribution >= 0.6 is 0 Å². The van der Waals surface area contributed by atoms with E-state index in [4.69, 9.17) is 4.74 Å². The number of ether oxygens (including phenoxy) is 1. The molecule has 0 radical (unpaired) electrons. The zero-order valence-corrected chi connectivity index (χ0v) is 22.5. The van der Waals surface area contributed by atoms with Gasteiger partial charge in [0.25, 0.3) is 5.91 Å². The van der Waals surface area contributed by atoms with Gasteiger partial charge in [-0.05, 0) is 75.2 Å². The number of nitrogens with zero attached hydrogens (tertiary/aromatic N) is 1. The number of nitrogens with one attached hydrogen (secondary N) is 3. The molecular weight excluding hydrogens is 488 g/mol. The second-order valence-corrected chi connectivity index (χ2v) is 10.8. The maximum Gasteiger partial charge on any atom is 0.307 e. The van der Waals surface area contributed by atoms with Crippen molar-refractivity contribution in [3.05, 3.63) is 29.8 Å². The van der Waals surface area contributed by atoms with Gasteiger partial charge in [0.1, 0.15) is 11.9 Å². The Bertz CT molecular complexity index is 962. The monoisotopic (exact) mass is 530 g/mol. The first kappa shape index (κ1) is 29.4. The van der Waals surface area contributed by atoms with E-state index < -0.39 is 30.4 Å². The summed E-state index contributed by atoms with van der Waals surface area (Å²) in [5.74, 6) is -0.981. The fourth-order valence-electron chi connectivity index (χ4n) is 4.91. The van der Waals surface area contributed by atoms with Gasteiger partial charge in [-0.3, -0.25) is 19.2 Å². The third-order valence-electron chi connectivity index (χ3n) is 7.05. The van der Waals surface area contributed by atoms with Gasteiger partial charge in [-0.25, -0.2) is 0 Å². The summed E-state index contributed by atoms with van der Waals surface area (Å²) in [6.07, 6.45) is 3.28. The minimum atomic E-state index is -1.15. The summed E-state index contributed by atoms with van der Waals surface area (Å²) in [4.78, 5) is 52.0. The number of aliphatic carboxylic acids is 1. The van der Waals surface area contributed by atoms with E-state index in [1.165, 1.54) is 0 Å². The normalized spacial score (nSPS) is 19.0. The Morgan fingerprint density at radius 1 is 1.13 bits per heavy atom. The number of rotatable bonds is 12. The highest BCUT2D eigenvalue weighted by molar-refractivity contribution is 5.95. The first-order chi connectivity index (χ1) is 18.2. The molecule has 2 aliphatic rings. The lowest BCUT2D eigenvalue weighted by Gasteiger charge is -2.33. The first-order valence-corrected chi connectivity index (χ1v) is 13.8. The van der Waals surface area contributed by atoms with Crippen LogP contribution in [0.5, 0.6) is 5.75 Å². The van der Waals surface area contributed by atoms with E-state index in [0.717, 1.165) is 32.4 Å². The van der Waals surface area contributed by atoms with Crippen molar-refractivity contribution in [3.8, 4) is 5.75 Å². The Balaban J connectivity index is 1.54. The molecule has 0 unspecified atom stereocenters. The van der Waals surface area contributed by atoms with Gasteiger partial charge in [-0.1, -0.05) is 19.9 Å². The summed E-state index contributed by atoms with van der Waals surface area (Å²) in [5, 5.41) is 18.0. The van der Waals surface area contributed by atoms with E-state index in [1.54, 1.807) is 29.2 Å². The highest BCUT2D eigenvalue weighted by Crippen LogP contribution is 2.22. The number of carbonyl (C=O) groups is 4. The summed E-state index contributed by atoms with van der Waals surface area (Å²) in [7, 11) is 0. The second-order valence-electron chi connectivity index (χ2n) is 10.8. The number of hydrogen-bond donors (Lipinski definition) is 4. The molecule has 3 amide bonds. The summed E-state index contributed by atoms with van der Waals surface area (Å²) in [6, 6.07) is 6.63. The van der Waals surface area contributed by atoms with Gasteiger partial charge in [0.05, 0.1) is 18.9 Å². The molecular formula is C28H42N4O6. The highest BCUT2D eigenvalue weighted by atomic mass is 16.5. The lowest BCUT2D eigenvalue weighted by atomic mass is 9.92. The first-order valence-electron chi connectivity index (χ1n) is 13.8. The molecule has 1 aromatic carbocycles. The Hall–Kier alpha value is -3.14. The maximum absolute atomic E-state index is 13.1. The van der Waals surface area contributed by atoms with Crippen molar-refractivity contribution >= 4 is 23.7 Å². The molecule has 1 aromatic rings. The van der Waals surface area contributed by atoms with Gasteiger partial charge >= 0.3 is 5.97 Å². The van der Waals surface area contributed by atoms with Gasteiger partial charge in [0.2, 0.25) is 11.8 Å². The molecule has 0 aliphatic carbocycles. The van der Waals surface area contributed by atoms with Crippen LogP contribution in [0.15, 0.2) is 24.3 Å². The largest absolute Gasteiger partial charge is 0.493 e. The van der Waals surface area contributed by atoms with Crippen molar-refractivity contribution in [2.75, 3.05) is 32.8 Å². The van der Waals surface area contributed by atoms with E-state index in [2.05, 4.69) is 16.0 Å². The van der Waals surface area contributed by atoms with Gasteiger partial charge in [-0.2, -0.15) is 0 Å². The van der Waals surface area contributed by atoms with E-state index in [1.807, 2.05) is 13.8 Å². The van der Waals surface area contributed by atoms with Crippen molar-refractivity contribution in [2.45, 2.75) is 65.0 Å². The third kappa shape index (κ3) is 9.63. The predicted octanol–water partition coefficient (Wildman–Crippen LogP) is 2.39. The van der Waals surface area contributed by atoms with Crippen molar-refractivity contribution < 1.29 is 29.0 Å². The fraction of sp³-hybridized carbons (Fsp3) is 0.643. The molecule has 2 atom stereocenters. The second kappa shape index (κ2) is 14.7. The molecule has 2 saturated heterocycles. The van der Waals surface area contributed by atoms with E-state index in [0.29, 0.717) is 62.1 Å². The van der Waals surface area contributed by atoms with Crippen molar-refractivity contribution in [3.63, 3.8) is 0 Å². The van der Waals surface area contributed by atoms with Crippen molar-refractivity contribution in [1.82, 2.24) is 20.9 Å². The predicted molar refractivity (Wildman–Crippen MR) is 143 cm³/mol. The number of carbonyl (C=O) groups excluding carboxylic acids is 3. The number of benzene rings is 1. The molecule has 10 nitrogen and oxygen atoms in total. The minimum absolute atomic E-state index is 0.0657. The average Bonchev–Trinajstić information content (AvgIpc) is 2.91. The number of hydrogen-bond acceptors (Lipinski definition) is 6. The van der Waals surface area contributed by atoms with E-state index in [-0.39, 0.29) is 11.8 Å². The molecule has 0 aromatic heterocycles.